The molecule has 0 aromatic heterocycles. The number of hydrogen-bond donors (Lipinski definition) is 1. The molecule has 12 heavy (non-hydrogen) atoms. The number of ether oxygens (including phenoxy) is 2. The van der Waals surface area contributed by atoms with E-state index in [4.69, 9.17) is 4.74 Å². The average Bonchev–Trinajstić information content (AvgIpc) is 2.49. The summed E-state index contributed by atoms with van der Waals surface area (Å²) in [6, 6.07) is 0. The van der Waals surface area contributed by atoms with Crippen LogP contribution in [0.25, 0.3) is 0 Å². The summed E-state index contributed by atoms with van der Waals surface area (Å²) in [6.45, 7) is 0.918. The first-order valence-corrected chi connectivity index (χ1v) is 4.03. The minimum absolute atomic E-state index is 0.260. The predicted molar refractivity (Wildman–Crippen MR) is 41.6 cm³/mol. The van der Waals surface area contributed by atoms with E-state index in [1.165, 1.54) is 7.11 Å². The highest BCUT2D eigenvalue weighted by Crippen LogP contribution is 2.23. The first kappa shape index (κ1) is 9.48. The van der Waals surface area contributed by atoms with Gasteiger partial charge >= 0.3 is 5.97 Å². The number of methoxy groups -OCH3 is 1. The lowest BCUT2D eigenvalue weighted by Crippen LogP contribution is -2.29. The molecule has 1 saturated heterocycles. The molecule has 4 nitrogen and oxygen atoms in total. The molecular weight excluding hydrogens is 160 g/mol. The number of carbonyl (C=O) groups excluding carboxylic acids is 1. The predicted octanol–water partition coefficient (Wildman–Crippen LogP) is 0.0910. The smallest absolute Gasteiger partial charge is 0.305 e. The first-order chi connectivity index (χ1) is 5.66. The second kappa shape index (κ2) is 3.87. The summed E-state index contributed by atoms with van der Waals surface area (Å²) in [7, 11) is 1.34. The molecule has 1 aliphatic rings. The molecule has 1 heterocycles. The van der Waals surface area contributed by atoms with Crippen molar-refractivity contribution in [1.29, 1.82) is 0 Å². The van der Waals surface area contributed by atoms with Crippen molar-refractivity contribution in [3.05, 3.63) is 0 Å². The van der Waals surface area contributed by atoms with Gasteiger partial charge in [0.25, 0.3) is 0 Å². The van der Waals surface area contributed by atoms with Gasteiger partial charge < -0.3 is 14.6 Å². The maximum atomic E-state index is 10.7. The summed E-state index contributed by atoms with van der Waals surface area (Å²) in [5, 5.41) is 9.70. The number of rotatable bonds is 3. The van der Waals surface area contributed by atoms with Crippen molar-refractivity contribution in [1.82, 2.24) is 0 Å². The third-order valence-electron chi connectivity index (χ3n) is 2.10. The quantitative estimate of drug-likeness (QED) is 0.616. The molecule has 0 aromatic carbocycles. The molecule has 1 atom stereocenters. The molecule has 70 valence electrons. The second-order valence-corrected chi connectivity index (χ2v) is 3.10. The fourth-order valence-corrected chi connectivity index (χ4v) is 1.23. The number of hydrogen-bond acceptors (Lipinski definition) is 4. The largest absolute Gasteiger partial charge is 0.469 e. The highest BCUT2D eigenvalue weighted by atomic mass is 16.5. The van der Waals surface area contributed by atoms with Crippen LogP contribution in [0.4, 0.5) is 0 Å². The Kier molecular flexibility index (Phi) is 3.05. The van der Waals surface area contributed by atoms with E-state index in [2.05, 4.69) is 4.74 Å². The molecule has 1 unspecified atom stereocenters. The van der Waals surface area contributed by atoms with E-state index in [0.717, 1.165) is 0 Å². The molecular formula is C8H14O4. The summed E-state index contributed by atoms with van der Waals surface area (Å²) in [4.78, 5) is 10.7. The van der Waals surface area contributed by atoms with Crippen LogP contribution in [-0.2, 0) is 14.3 Å². The zero-order valence-electron chi connectivity index (χ0n) is 7.21. The van der Waals surface area contributed by atoms with Crippen molar-refractivity contribution in [2.24, 2.45) is 0 Å². The number of esters is 1. The van der Waals surface area contributed by atoms with Gasteiger partial charge in [-0.2, -0.15) is 0 Å². The van der Waals surface area contributed by atoms with Crippen LogP contribution >= 0.6 is 0 Å². The summed E-state index contributed by atoms with van der Waals surface area (Å²) in [5.41, 5.74) is -0.797. The Morgan fingerprint density at radius 1 is 1.75 bits per heavy atom. The van der Waals surface area contributed by atoms with Crippen molar-refractivity contribution in [2.75, 3.05) is 20.3 Å². The van der Waals surface area contributed by atoms with Crippen LogP contribution in [0, 0.1) is 0 Å². The monoisotopic (exact) mass is 174 g/mol. The number of carbonyl (C=O) groups is 1. The zero-order chi connectivity index (χ0) is 9.03. The van der Waals surface area contributed by atoms with E-state index in [9.17, 15) is 9.90 Å². The van der Waals surface area contributed by atoms with Crippen LogP contribution in [0.1, 0.15) is 19.3 Å². The summed E-state index contributed by atoms with van der Waals surface area (Å²) in [5.74, 6) is -0.282. The molecule has 0 aromatic rings. The minimum Gasteiger partial charge on any atom is -0.469 e. The SMILES string of the molecule is COC(=O)CCC1(O)CCOC1. The van der Waals surface area contributed by atoms with Gasteiger partial charge in [-0.1, -0.05) is 0 Å². The molecule has 0 saturated carbocycles. The Hall–Kier alpha value is -0.610. The van der Waals surface area contributed by atoms with Crippen molar-refractivity contribution >= 4 is 5.97 Å². The van der Waals surface area contributed by atoms with Crippen LogP contribution in [-0.4, -0.2) is 37.0 Å². The lowest BCUT2D eigenvalue weighted by atomic mass is 9.97. The molecule has 4 heteroatoms. The first-order valence-electron chi connectivity index (χ1n) is 4.03. The maximum absolute atomic E-state index is 10.7. The fourth-order valence-electron chi connectivity index (χ4n) is 1.23. The van der Waals surface area contributed by atoms with Gasteiger partial charge in [0.2, 0.25) is 0 Å². The average molecular weight is 174 g/mol. The summed E-state index contributed by atoms with van der Waals surface area (Å²) in [6.07, 6.45) is 1.31. The van der Waals surface area contributed by atoms with E-state index in [0.29, 0.717) is 26.1 Å². The molecule has 1 rings (SSSR count). The van der Waals surface area contributed by atoms with Gasteiger partial charge in [0.1, 0.15) is 0 Å². The van der Waals surface area contributed by atoms with E-state index >= 15 is 0 Å². The lowest BCUT2D eigenvalue weighted by molar-refractivity contribution is -0.142. The molecule has 1 fully saturated rings. The summed E-state index contributed by atoms with van der Waals surface area (Å²) >= 11 is 0. The maximum Gasteiger partial charge on any atom is 0.305 e. The minimum atomic E-state index is -0.797. The molecule has 1 aliphatic heterocycles. The lowest BCUT2D eigenvalue weighted by Gasteiger charge is -2.18. The third-order valence-corrected chi connectivity index (χ3v) is 2.10. The highest BCUT2D eigenvalue weighted by molar-refractivity contribution is 5.69. The van der Waals surface area contributed by atoms with E-state index in [1.54, 1.807) is 0 Å². The molecule has 0 radical (unpaired) electrons. The van der Waals surface area contributed by atoms with Crippen molar-refractivity contribution in [3.63, 3.8) is 0 Å². The highest BCUT2D eigenvalue weighted by Gasteiger charge is 2.32. The van der Waals surface area contributed by atoms with Gasteiger partial charge in [0.05, 0.1) is 19.3 Å². The van der Waals surface area contributed by atoms with Crippen LogP contribution < -0.4 is 0 Å². The van der Waals surface area contributed by atoms with E-state index in [1.807, 2.05) is 0 Å². The van der Waals surface area contributed by atoms with E-state index in [-0.39, 0.29) is 12.4 Å². The molecule has 0 bridgehead atoms. The standard InChI is InChI=1S/C8H14O4/c1-11-7(9)2-3-8(10)4-5-12-6-8/h10H,2-6H2,1H3. The Labute approximate surface area is 71.5 Å². The van der Waals surface area contributed by atoms with Gasteiger partial charge in [0, 0.05) is 19.4 Å². The van der Waals surface area contributed by atoms with Gasteiger partial charge in [-0.05, 0) is 6.42 Å². The Morgan fingerprint density at radius 3 is 3.00 bits per heavy atom. The topological polar surface area (TPSA) is 55.8 Å². The van der Waals surface area contributed by atoms with Gasteiger partial charge in [0.15, 0.2) is 0 Å². The van der Waals surface area contributed by atoms with E-state index < -0.39 is 5.60 Å². The zero-order valence-corrected chi connectivity index (χ0v) is 7.21. The third kappa shape index (κ3) is 2.46. The van der Waals surface area contributed by atoms with Crippen molar-refractivity contribution in [3.8, 4) is 0 Å². The molecule has 0 amide bonds. The van der Waals surface area contributed by atoms with Crippen LogP contribution in [0.5, 0.6) is 0 Å². The second-order valence-electron chi connectivity index (χ2n) is 3.10. The molecule has 0 spiro atoms. The molecule has 0 aliphatic carbocycles. The van der Waals surface area contributed by atoms with Gasteiger partial charge in [-0.25, -0.2) is 0 Å². The molecule has 1 N–H and O–H groups in total. The van der Waals surface area contributed by atoms with Crippen LogP contribution in [0.2, 0.25) is 0 Å². The number of aliphatic hydroxyl groups is 1. The summed E-state index contributed by atoms with van der Waals surface area (Å²) < 4.78 is 9.49. The van der Waals surface area contributed by atoms with Crippen LogP contribution in [0.15, 0.2) is 0 Å². The van der Waals surface area contributed by atoms with Crippen LogP contribution in [0.3, 0.4) is 0 Å². The van der Waals surface area contributed by atoms with Gasteiger partial charge in [-0.15, -0.1) is 0 Å². The fraction of sp³-hybridized carbons (Fsp3) is 0.875. The Bertz CT molecular complexity index is 160. The normalized spacial score (nSPS) is 28.8. The van der Waals surface area contributed by atoms with Gasteiger partial charge in [-0.3, -0.25) is 4.79 Å². The Morgan fingerprint density at radius 2 is 2.50 bits per heavy atom. The van der Waals surface area contributed by atoms with Crippen molar-refractivity contribution in [2.45, 2.75) is 24.9 Å². The van der Waals surface area contributed by atoms with Crippen molar-refractivity contribution < 1.29 is 19.4 Å². The Balaban J connectivity index is 2.25.